The van der Waals surface area contributed by atoms with Crippen molar-refractivity contribution in [3.63, 3.8) is 0 Å². The number of thioether (sulfide) groups is 1. The molecule has 10 heteroatoms. The minimum absolute atomic E-state index is 0.0186. The van der Waals surface area contributed by atoms with E-state index in [4.69, 9.17) is 14.2 Å². The minimum Gasteiger partial charge on any atom is -0.457 e. The van der Waals surface area contributed by atoms with E-state index in [0.29, 0.717) is 30.2 Å². The number of amides is 3. The molecule has 0 bridgehead atoms. The fraction of sp³-hybridized carbons (Fsp3) is 0.174. The summed E-state index contributed by atoms with van der Waals surface area (Å²) in [6, 6.07) is 48.4. The van der Waals surface area contributed by atoms with Crippen LogP contribution in [0, 0.1) is 0 Å². The number of anilines is 2. The summed E-state index contributed by atoms with van der Waals surface area (Å²) in [5.41, 5.74) is 7.14. The van der Waals surface area contributed by atoms with Crippen LogP contribution in [0.2, 0.25) is 0 Å². The molecular formula is C46H43N3O6S. The van der Waals surface area contributed by atoms with E-state index in [1.807, 2.05) is 121 Å². The quantitative estimate of drug-likeness (QED) is 0.0865. The van der Waals surface area contributed by atoms with Crippen LogP contribution in [0.25, 0.3) is 11.1 Å². The van der Waals surface area contributed by atoms with Gasteiger partial charge >= 0.3 is 6.03 Å². The van der Waals surface area contributed by atoms with Crippen LogP contribution in [-0.4, -0.2) is 28.9 Å². The topological polar surface area (TPSA) is 118 Å². The molecule has 4 N–H and O–H groups in total. The number of para-hydroxylation sites is 1. The van der Waals surface area contributed by atoms with Crippen LogP contribution >= 0.6 is 11.8 Å². The second-order valence-electron chi connectivity index (χ2n) is 13.4. The van der Waals surface area contributed by atoms with Gasteiger partial charge in [0.15, 0.2) is 6.29 Å². The lowest BCUT2D eigenvalue weighted by Crippen LogP contribution is -2.31. The van der Waals surface area contributed by atoms with Crippen molar-refractivity contribution < 1.29 is 28.9 Å². The van der Waals surface area contributed by atoms with Crippen LogP contribution < -0.4 is 20.7 Å². The van der Waals surface area contributed by atoms with Gasteiger partial charge in [0, 0.05) is 47.5 Å². The van der Waals surface area contributed by atoms with Gasteiger partial charge in [-0.1, -0.05) is 78.9 Å². The van der Waals surface area contributed by atoms with E-state index in [1.54, 1.807) is 23.9 Å². The average Bonchev–Trinajstić information content (AvgIpc) is 3.23. The summed E-state index contributed by atoms with van der Waals surface area (Å²) < 4.78 is 19.1. The van der Waals surface area contributed by atoms with Crippen LogP contribution in [0.5, 0.6) is 11.5 Å². The Morgan fingerprint density at radius 3 is 2.11 bits per heavy atom. The number of aliphatic hydroxyl groups excluding tert-OH is 1. The Hall–Kier alpha value is -5.91. The van der Waals surface area contributed by atoms with Crippen molar-refractivity contribution >= 4 is 35.1 Å². The number of carbonyl (C=O) groups is 2. The van der Waals surface area contributed by atoms with E-state index in [0.717, 1.165) is 49.7 Å². The molecule has 0 aliphatic carbocycles. The SMILES string of the molecule is CC(=O)Nc1ccc(SCC2CC(c3ccc(CO)cc3)OC(c3cccc(-c4cccc(CNC(=O)Nc5ccc(Oc6ccccc6)cc5)c4)c3)O2)cc1. The molecule has 1 heterocycles. The van der Waals surface area contributed by atoms with E-state index in [1.165, 1.54) is 6.92 Å². The molecule has 0 spiro atoms. The van der Waals surface area contributed by atoms with Gasteiger partial charge in [0.1, 0.15) is 11.5 Å². The first kappa shape index (κ1) is 38.4. The van der Waals surface area contributed by atoms with E-state index in [-0.39, 0.29) is 30.8 Å². The molecule has 6 aromatic carbocycles. The zero-order chi connectivity index (χ0) is 38.7. The Labute approximate surface area is 331 Å². The van der Waals surface area contributed by atoms with Crippen molar-refractivity contribution in [1.29, 1.82) is 0 Å². The third kappa shape index (κ3) is 10.6. The molecule has 7 rings (SSSR count). The van der Waals surface area contributed by atoms with Crippen LogP contribution in [0.3, 0.4) is 0 Å². The smallest absolute Gasteiger partial charge is 0.319 e. The Balaban J connectivity index is 0.999. The molecular weight excluding hydrogens is 723 g/mol. The maximum atomic E-state index is 12.8. The summed E-state index contributed by atoms with van der Waals surface area (Å²) in [6.07, 6.45) is -0.256. The largest absolute Gasteiger partial charge is 0.457 e. The first-order valence-electron chi connectivity index (χ1n) is 18.4. The number of urea groups is 1. The molecule has 1 saturated heterocycles. The summed E-state index contributed by atoms with van der Waals surface area (Å²) >= 11 is 1.70. The highest BCUT2D eigenvalue weighted by Crippen LogP contribution is 2.40. The Morgan fingerprint density at radius 2 is 1.38 bits per heavy atom. The number of benzene rings is 6. The first-order valence-corrected chi connectivity index (χ1v) is 19.4. The van der Waals surface area contributed by atoms with Crippen LogP contribution in [0.15, 0.2) is 157 Å². The highest BCUT2D eigenvalue weighted by Gasteiger charge is 2.32. The molecule has 3 atom stereocenters. The molecule has 0 saturated carbocycles. The van der Waals surface area contributed by atoms with Crippen LogP contribution in [-0.2, 0) is 27.4 Å². The van der Waals surface area contributed by atoms with Crippen molar-refractivity contribution in [3.05, 3.63) is 174 Å². The molecule has 284 valence electrons. The highest BCUT2D eigenvalue weighted by molar-refractivity contribution is 7.99. The van der Waals surface area contributed by atoms with Crippen molar-refractivity contribution in [1.82, 2.24) is 5.32 Å². The lowest BCUT2D eigenvalue weighted by Gasteiger charge is -2.36. The number of hydrogen-bond acceptors (Lipinski definition) is 7. The van der Waals surface area contributed by atoms with E-state index in [9.17, 15) is 14.7 Å². The van der Waals surface area contributed by atoms with E-state index >= 15 is 0 Å². The molecule has 9 nitrogen and oxygen atoms in total. The monoisotopic (exact) mass is 765 g/mol. The lowest BCUT2D eigenvalue weighted by molar-refractivity contribution is -0.245. The van der Waals surface area contributed by atoms with E-state index in [2.05, 4.69) is 34.1 Å². The molecule has 56 heavy (non-hydrogen) atoms. The Bertz CT molecular complexity index is 2220. The summed E-state index contributed by atoms with van der Waals surface area (Å²) in [5.74, 6) is 2.03. The lowest BCUT2D eigenvalue weighted by atomic mass is 9.99. The van der Waals surface area contributed by atoms with Gasteiger partial charge in [0.2, 0.25) is 5.91 Å². The van der Waals surface area contributed by atoms with E-state index < -0.39 is 6.29 Å². The second kappa shape index (κ2) is 18.6. The molecule has 0 radical (unpaired) electrons. The molecule has 6 aromatic rings. The fourth-order valence-electron chi connectivity index (χ4n) is 6.36. The molecule has 3 amide bonds. The van der Waals surface area contributed by atoms with Gasteiger partial charge in [-0.05, 0) is 101 Å². The van der Waals surface area contributed by atoms with Crippen LogP contribution in [0.1, 0.15) is 48.0 Å². The molecule has 0 aromatic heterocycles. The maximum Gasteiger partial charge on any atom is 0.319 e. The maximum absolute atomic E-state index is 12.8. The third-order valence-electron chi connectivity index (χ3n) is 9.19. The zero-order valence-corrected chi connectivity index (χ0v) is 31.7. The number of hydrogen-bond donors (Lipinski definition) is 4. The Morgan fingerprint density at radius 1 is 0.696 bits per heavy atom. The van der Waals surface area contributed by atoms with Crippen molar-refractivity contribution in [2.24, 2.45) is 0 Å². The van der Waals surface area contributed by atoms with Gasteiger partial charge in [-0.15, -0.1) is 11.8 Å². The normalized spacial score (nSPS) is 16.4. The average molecular weight is 766 g/mol. The molecule has 1 fully saturated rings. The van der Waals surface area contributed by atoms with Gasteiger partial charge in [0.25, 0.3) is 0 Å². The van der Waals surface area contributed by atoms with Gasteiger partial charge < -0.3 is 35.3 Å². The first-order chi connectivity index (χ1) is 27.4. The second-order valence-corrected chi connectivity index (χ2v) is 14.5. The summed E-state index contributed by atoms with van der Waals surface area (Å²) in [5, 5.41) is 18.3. The number of aliphatic hydroxyl groups is 1. The third-order valence-corrected chi connectivity index (χ3v) is 10.3. The summed E-state index contributed by atoms with van der Waals surface area (Å²) in [7, 11) is 0. The number of carbonyl (C=O) groups excluding carboxylic acids is 2. The fourth-order valence-corrected chi connectivity index (χ4v) is 7.29. The Kier molecular flexibility index (Phi) is 12.8. The van der Waals surface area contributed by atoms with Crippen molar-refractivity contribution in [2.45, 2.75) is 49.9 Å². The molecule has 3 unspecified atom stereocenters. The highest BCUT2D eigenvalue weighted by atomic mass is 32.2. The van der Waals surface area contributed by atoms with Gasteiger partial charge in [-0.3, -0.25) is 4.79 Å². The molecule has 1 aliphatic heterocycles. The van der Waals surface area contributed by atoms with Gasteiger partial charge in [0.05, 0.1) is 18.8 Å². The zero-order valence-electron chi connectivity index (χ0n) is 30.9. The predicted molar refractivity (Wildman–Crippen MR) is 221 cm³/mol. The number of nitrogens with one attached hydrogen (secondary N) is 3. The molecule has 1 aliphatic rings. The van der Waals surface area contributed by atoms with Gasteiger partial charge in [-0.25, -0.2) is 4.79 Å². The van der Waals surface area contributed by atoms with Crippen molar-refractivity contribution in [2.75, 3.05) is 16.4 Å². The standard InChI is InChI=1S/C46H43N3O6S/c1-31(51)48-38-19-23-43(24-20-38)56-30-42-27-44(34-15-13-32(29-50)14-16-34)55-45(54-42)37-10-6-9-36(26-37)35-8-5-7-33(25-35)28-47-46(52)49-39-17-21-41(22-18-39)53-40-11-3-2-4-12-40/h2-26,42,44-45,50H,27-30H2,1H3,(H,48,51)(H2,47,49,52). The number of ether oxygens (including phenoxy) is 3. The van der Waals surface area contributed by atoms with Gasteiger partial charge in [-0.2, -0.15) is 0 Å². The van der Waals surface area contributed by atoms with Crippen molar-refractivity contribution in [3.8, 4) is 22.6 Å². The summed E-state index contributed by atoms with van der Waals surface area (Å²) in [6.45, 7) is 1.82. The number of rotatable bonds is 13. The van der Waals surface area contributed by atoms with Crippen LogP contribution in [0.4, 0.5) is 16.2 Å². The summed E-state index contributed by atoms with van der Waals surface area (Å²) in [4.78, 5) is 25.3. The predicted octanol–water partition coefficient (Wildman–Crippen LogP) is 10.3. The minimum atomic E-state index is -0.605.